The Hall–Kier alpha value is -1.13. The summed E-state index contributed by atoms with van der Waals surface area (Å²) in [5.74, 6) is 1.33. The van der Waals surface area contributed by atoms with Gasteiger partial charge in [0.05, 0.1) is 19.3 Å². The average Bonchev–Trinajstić information content (AvgIpc) is 2.47. The van der Waals surface area contributed by atoms with E-state index in [1.165, 1.54) is 0 Å². The molecule has 0 saturated carbocycles. The molecule has 15 heavy (non-hydrogen) atoms. The highest BCUT2D eigenvalue weighted by atomic mass is 19.1. The van der Waals surface area contributed by atoms with Crippen molar-refractivity contribution in [1.29, 1.82) is 0 Å². The zero-order valence-corrected chi connectivity index (χ0v) is 9.44. The van der Waals surface area contributed by atoms with E-state index in [0.29, 0.717) is 19.0 Å². The van der Waals surface area contributed by atoms with E-state index in [4.69, 9.17) is 0 Å². The Morgan fingerprint density at radius 3 is 2.73 bits per heavy atom. The van der Waals surface area contributed by atoms with Gasteiger partial charge >= 0.3 is 0 Å². The highest BCUT2D eigenvalue weighted by molar-refractivity contribution is 5.40. The van der Waals surface area contributed by atoms with Crippen LogP contribution in [-0.4, -0.2) is 33.8 Å². The topological polar surface area (TPSA) is 34.0 Å². The van der Waals surface area contributed by atoms with Gasteiger partial charge in [-0.2, -0.15) is 0 Å². The van der Waals surface area contributed by atoms with Crippen LogP contribution in [0.5, 0.6) is 0 Å². The number of alkyl halides is 1. The lowest BCUT2D eigenvalue weighted by Crippen LogP contribution is -2.57. The van der Waals surface area contributed by atoms with Crippen molar-refractivity contribution in [3.8, 4) is 0 Å². The lowest BCUT2D eigenvalue weighted by molar-refractivity contribution is 0.143. The van der Waals surface area contributed by atoms with Crippen molar-refractivity contribution in [3.63, 3.8) is 0 Å². The van der Waals surface area contributed by atoms with Gasteiger partial charge in [0.1, 0.15) is 5.67 Å². The summed E-state index contributed by atoms with van der Waals surface area (Å²) in [6.45, 7) is 7.57. The van der Waals surface area contributed by atoms with Crippen LogP contribution in [0, 0.1) is 5.92 Å². The third kappa shape index (κ3) is 2.27. The SMILES string of the molecule is CC(C)Cn1cc(N2CC(C)(F)C2)nn1. The van der Waals surface area contributed by atoms with Crippen molar-refractivity contribution >= 4 is 5.82 Å². The molecule has 0 spiro atoms. The van der Waals surface area contributed by atoms with E-state index in [0.717, 1.165) is 12.4 Å². The van der Waals surface area contributed by atoms with E-state index in [-0.39, 0.29) is 0 Å². The van der Waals surface area contributed by atoms with E-state index in [1.807, 2.05) is 15.8 Å². The van der Waals surface area contributed by atoms with Crippen molar-refractivity contribution < 1.29 is 4.39 Å². The second kappa shape index (κ2) is 3.47. The lowest BCUT2D eigenvalue weighted by atomic mass is 10.00. The van der Waals surface area contributed by atoms with Gasteiger partial charge in [-0.1, -0.05) is 19.1 Å². The predicted octanol–water partition coefficient (Wildman–Crippen LogP) is 1.48. The van der Waals surface area contributed by atoms with Gasteiger partial charge in [0, 0.05) is 6.54 Å². The standard InChI is InChI=1S/C10H17FN4/c1-8(2)4-15-5-9(12-13-15)14-6-10(3,11)7-14/h5,8H,4,6-7H2,1-3H3. The van der Waals surface area contributed by atoms with E-state index >= 15 is 0 Å². The van der Waals surface area contributed by atoms with Crippen LogP contribution < -0.4 is 4.90 Å². The summed E-state index contributed by atoms with van der Waals surface area (Å²) in [5, 5.41) is 8.04. The van der Waals surface area contributed by atoms with E-state index in [2.05, 4.69) is 24.2 Å². The molecule has 1 aliphatic rings. The zero-order chi connectivity index (χ0) is 11.1. The van der Waals surface area contributed by atoms with Gasteiger partial charge in [0.15, 0.2) is 5.82 Å². The summed E-state index contributed by atoms with van der Waals surface area (Å²) in [7, 11) is 0. The largest absolute Gasteiger partial charge is 0.347 e. The summed E-state index contributed by atoms with van der Waals surface area (Å²) in [6, 6.07) is 0. The van der Waals surface area contributed by atoms with Gasteiger partial charge in [-0.15, -0.1) is 5.10 Å². The Labute approximate surface area is 89.1 Å². The quantitative estimate of drug-likeness (QED) is 0.761. The monoisotopic (exact) mass is 212 g/mol. The molecule has 1 saturated heterocycles. The number of halogens is 1. The summed E-state index contributed by atoms with van der Waals surface area (Å²) in [5.41, 5.74) is -1.05. The maximum atomic E-state index is 13.3. The summed E-state index contributed by atoms with van der Waals surface area (Å²) < 4.78 is 15.1. The van der Waals surface area contributed by atoms with Gasteiger partial charge in [-0.3, -0.25) is 4.68 Å². The minimum atomic E-state index is -1.05. The fraction of sp³-hybridized carbons (Fsp3) is 0.800. The fourth-order valence-corrected chi connectivity index (χ4v) is 1.81. The van der Waals surface area contributed by atoms with Crippen LogP contribution in [0.1, 0.15) is 20.8 Å². The maximum absolute atomic E-state index is 13.3. The number of hydrogen-bond donors (Lipinski definition) is 0. The first-order valence-electron chi connectivity index (χ1n) is 5.30. The molecule has 1 aliphatic heterocycles. The predicted molar refractivity (Wildman–Crippen MR) is 56.6 cm³/mol. The van der Waals surface area contributed by atoms with Crippen LogP contribution in [0.3, 0.4) is 0 Å². The summed E-state index contributed by atoms with van der Waals surface area (Å²) in [4.78, 5) is 1.91. The van der Waals surface area contributed by atoms with E-state index in [9.17, 15) is 4.39 Å². The molecule has 1 fully saturated rings. The molecule has 1 aromatic rings. The molecule has 0 aromatic carbocycles. The highest BCUT2D eigenvalue weighted by Crippen LogP contribution is 2.28. The smallest absolute Gasteiger partial charge is 0.171 e. The molecular formula is C10H17FN4. The first-order valence-corrected chi connectivity index (χ1v) is 5.30. The van der Waals surface area contributed by atoms with Gasteiger partial charge in [-0.25, -0.2) is 4.39 Å². The third-order valence-electron chi connectivity index (χ3n) is 2.44. The van der Waals surface area contributed by atoms with Crippen molar-refractivity contribution in [2.45, 2.75) is 33.0 Å². The Bertz CT molecular complexity index is 337. The normalized spacial score (nSPS) is 19.4. The van der Waals surface area contributed by atoms with Crippen LogP contribution in [0.2, 0.25) is 0 Å². The molecule has 0 radical (unpaired) electrons. The van der Waals surface area contributed by atoms with Crippen LogP contribution in [0.4, 0.5) is 10.2 Å². The molecule has 0 bridgehead atoms. The van der Waals surface area contributed by atoms with Crippen LogP contribution in [0.15, 0.2) is 6.20 Å². The number of nitrogens with zero attached hydrogens (tertiary/aromatic N) is 4. The molecule has 0 amide bonds. The lowest BCUT2D eigenvalue weighted by Gasteiger charge is -2.41. The molecule has 4 nitrogen and oxygen atoms in total. The van der Waals surface area contributed by atoms with Crippen molar-refractivity contribution in [2.24, 2.45) is 5.92 Å². The second-order valence-electron chi connectivity index (χ2n) is 4.96. The molecule has 0 atom stereocenters. The summed E-state index contributed by atoms with van der Waals surface area (Å²) in [6.07, 6.45) is 1.88. The Kier molecular flexibility index (Phi) is 2.40. The van der Waals surface area contributed by atoms with Gasteiger partial charge in [0.25, 0.3) is 0 Å². The van der Waals surface area contributed by atoms with Crippen LogP contribution >= 0.6 is 0 Å². The molecular weight excluding hydrogens is 195 g/mol. The molecule has 0 aliphatic carbocycles. The first-order chi connectivity index (χ1) is 6.96. The second-order valence-corrected chi connectivity index (χ2v) is 4.96. The number of hydrogen-bond acceptors (Lipinski definition) is 3. The van der Waals surface area contributed by atoms with Crippen molar-refractivity contribution in [3.05, 3.63) is 6.20 Å². The number of aromatic nitrogens is 3. The molecule has 1 aromatic heterocycles. The zero-order valence-electron chi connectivity index (χ0n) is 9.44. The van der Waals surface area contributed by atoms with Gasteiger partial charge in [-0.05, 0) is 12.8 Å². The molecule has 0 N–H and O–H groups in total. The van der Waals surface area contributed by atoms with E-state index in [1.54, 1.807) is 6.92 Å². The minimum absolute atomic E-state index is 0.424. The molecule has 2 heterocycles. The molecule has 5 heteroatoms. The highest BCUT2D eigenvalue weighted by Gasteiger charge is 2.40. The van der Waals surface area contributed by atoms with Gasteiger partial charge < -0.3 is 4.90 Å². The minimum Gasteiger partial charge on any atom is -0.347 e. The van der Waals surface area contributed by atoms with Crippen molar-refractivity contribution in [2.75, 3.05) is 18.0 Å². The maximum Gasteiger partial charge on any atom is 0.171 e. The molecule has 0 unspecified atom stereocenters. The Balaban J connectivity index is 1.97. The molecule has 2 rings (SSSR count). The summed E-state index contributed by atoms with van der Waals surface area (Å²) >= 11 is 0. The van der Waals surface area contributed by atoms with Gasteiger partial charge in [0.2, 0.25) is 0 Å². The average molecular weight is 212 g/mol. The number of anilines is 1. The van der Waals surface area contributed by atoms with E-state index < -0.39 is 5.67 Å². The Morgan fingerprint density at radius 2 is 2.20 bits per heavy atom. The molecule has 84 valence electrons. The fourth-order valence-electron chi connectivity index (χ4n) is 1.81. The van der Waals surface area contributed by atoms with Crippen LogP contribution in [0.25, 0.3) is 0 Å². The van der Waals surface area contributed by atoms with Crippen molar-refractivity contribution in [1.82, 2.24) is 15.0 Å². The van der Waals surface area contributed by atoms with Crippen LogP contribution in [-0.2, 0) is 6.54 Å². The third-order valence-corrected chi connectivity index (χ3v) is 2.44. The first kappa shape index (κ1) is 10.4. The Morgan fingerprint density at radius 1 is 1.53 bits per heavy atom. The number of rotatable bonds is 3.